The summed E-state index contributed by atoms with van der Waals surface area (Å²) >= 11 is 19.7. The van der Waals surface area contributed by atoms with Crippen LogP contribution in [0.15, 0.2) is 85.3 Å². The zero-order valence-electron chi connectivity index (χ0n) is 33.1. The van der Waals surface area contributed by atoms with Crippen molar-refractivity contribution in [2.45, 2.75) is 51.1 Å². The normalized spacial score (nSPS) is 15.7. The van der Waals surface area contributed by atoms with Crippen molar-refractivity contribution in [2.75, 3.05) is 56.7 Å². The molecule has 3 N–H and O–H groups in total. The second kappa shape index (κ2) is 18.1. The Morgan fingerprint density at radius 1 is 0.898 bits per heavy atom. The van der Waals surface area contributed by atoms with Crippen molar-refractivity contribution in [3.63, 3.8) is 0 Å². The molecule has 0 bridgehead atoms. The van der Waals surface area contributed by atoms with Gasteiger partial charge < -0.3 is 29.8 Å². The van der Waals surface area contributed by atoms with Crippen molar-refractivity contribution in [2.24, 2.45) is 0 Å². The number of amides is 2. The van der Waals surface area contributed by atoms with Crippen molar-refractivity contribution >= 4 is 69.0 Å². The Kier molecular flexibility index (Phi) is 12.6. The zero-order valence-corrected chi connectivity index (χ0v) is 35.4. The molecule has 1 unspecified atom stereocenters. The van der Waals surface area contributed by atoms with Gasteiger partial charge in [0.1, 0.15) is 5.69 Å². The maximum absolute atomic E-state index is 15.0. The van der Waals surface area contributed by atoms with Crippen LogP contribution in [-0.2, 0) is 4.74 Å². The molecule has 1 atom stereocenters. The molecule has 0 radical (unpaired) electrons. The second-order valence-electron chi connectivity index (χ2n) is 15.2. The minimum atomic E-state index is -0.419. The minimum absolute atomic E-state index is 0.290. The molecule has 2 fully saturated rings. The van der Waals surface area contributed by atoms with Gasteiger partial charge in [0.2, 0.25) is 0 Å². The van der Waals surface area contributed by atoms with Crippen LogP contribution in [0.2, 0.25) is 15.1 Å². The minimum Gasteiger partial charge on any atom is -0.383 e. The Morgan fingerprint density at radius 2 is 1.64 bits per heavy atom. The van der Waals surface area contributed by atoms with Crippen molar-refractivity contribution in [1.29, 1.82) is 0 Å². The summed E-state index contributed by atoms with van der Waals surface area (Å²) in [6.07, 6.45) is 9.70. The summed E-state index contributed by atoms with van der Waals surface area (Å²) in [5.74, 6) is -0.125. The number of aromatic amines is 1. The van der Waals surface area contributed by atoms with Crippen LogP contribution in [0, 0.1) is 0 Å². The molecule has 59 heavy (non-hydrogen) atoms. The maximum atomic E-state index is 15.0. The summed E-state index contributed by atoms with van der Waals surface area (Å²) in [6, 6.07) is 22.9. The number of nitrogens with one attached hydrogen (secondary N) is 3. The predicted octanol–water partition coefficient (Wildman–Crippen LogP) is 9.75. The van der Waals surface area contributed by atoms with E-state index in [4.69, 9.17) is 49.5 Å². The monoisotopic (exact) mass is 852 g/mol. The molecular weight excluding hydrogens is 807 g/mol. The average Bonchev–Trinajstić information content (AvgIpc) is 3.86. The van der Waals surface area contributed by atoms with E-state index in [1.54, 1.807) is 31.8 Å². The second-order valence-corrected chi connectivity index (χ2v) is 16.5. The number of halogens is 3. The van der Waals surface area contributed by atoms with Crippen LogP contribution >= 0.6 is 34.8 Å². The lowest BCUT2D eigenvalue weighted by Gasteiger charge is -2.41. The largest absolute Gasteiger partial charge is 0.383 e. The van der Waals surface area contributed by atoms with E-state index >= 15 is 4.79 Å². The number of imidazole rings is 1. The smallest absolute Gasteiger partial charge is 0.272 e. The lowest BCUT2D eigenvalue weighted by molar-refractivity contribution is 0.0935. The zero-order chi connectivity index (χ0) is 41.0. The molecule has 306 valence electrons. The van der Waals surface area contributed by atoms with E-state index in [1.165, 1.54) is 32.1 Å². The number of benzene rings is 3. The Hall–Kier alpha value is -4.91. The van der Waals surface area contributed by atoms with Crippen LogP contribution < -0.4 is 15.5 Å². The summed E-state index contributed by atoms with van der Waals surface area (Å²) in [5.41, 5.74) is 5.44. The van der Waals surface area contributed by atoms with E-state index in [0.717, 1.165) is 42.7 Å². The molecule has 8 rings (SSSR count). The number of pyridine rings is 1. The van der Waals surface area contributed by atoms with E-state index in [9.17, 15) is 4.79 Å². The third kappa shape index (κ3) is 8.72. The third-order valence-corrected chi connectivity index (χ3v) is 12.4. The number of aromatic nitrogens is 4. The Labute approximate surface area is 359 Å². The van der Waals surface area contributed by atoms with Crippen LogP contribution in [0.5, 0.6) is 0 Å². The molecule has 2 aliphatic rings. The summed E-state index contributed by atoms with van der Waals surface area (Å²) in [5, 5.41) is 8.42. The van der Waals surface area contributed by atoms with Gasteiger partial charge in [0.05, 0.1) is 41.6 Å². The Morgan fingerprint density at radius 3 is 2.39 bits per heavy atom. The molecule has 1 saturated heterocycles. The van der Waals surface area contributed by atoms with Gasteiger partial charge in [-0.1, -0.05) is 96.5 Å². The molecule has 3 aromatic heterocycles. The van der Waals surface area contributed by atoms with E-state index in [0.29, 0.717) is 79.5 Å². The van der Waals surface area contributed by atoms with Crippen LogP contribution in [0.25, 0.3) is 33.4 Å². The SMILES string of the molecule is COCCNC(=O)c1cnc(N2CCN(C3CCCCC3)CC2)c(NC(=O)c2[nH]c3cc(Cl)ccc3c2-c2c(-c3ccccc3)ncn2C(C)c2ccc(Cl)cc2Cl)c1. The van der Waals surface area contributed by atoms with E-state index in [2.05, 4.69) is 25.4 Å². The molecule has 3 aromatic carbocycles. The van der Waals surface area contributed by atoms with Crippen molar-refractivity contribution in [1.82, 2.24) is 29.7 Å². The highest BCUT2D eigenvalue weighted by Gasteiger charge is 2.31. The van der Waals surface area contributed by atoms with Gasteiger partial charge in [-0.15, -0.1) is 0 Å². The maximum Gasteiger partial charge on any atom is 0.272 e. The van der Waals surface area contributed by atoms with Gasteiger partial charge in [0.15, 0.2) is 5.82 Å². The van der Waals surface area contributed by atoms with Gasteiger partial charge >= 0.3 is 0 Å². The first-order valence-corrected chi connectivity index (χ1v) is 21.3. The number of fused-ring (bicyclic) bond motifs is 1. The third-order valence-electron chi connectivity index (χ3n) is 11.6. The van der Waals surface area contributed by atoms with Crippen LogP contribution in [0.1, 0.15) is 71.5 Å². The van der Waals surface area contributed by atoms with Gasteiger partial charge in [-0.25, -0.2) is 9.97 Å². The molecule has 11 nitrogen and oxygen atoms in total. The van der Waals surface area contributed by atoms with Crippen LogP contribution in [0.3, 0.4) is 0 Å². The highest BCUT2D eigenvalue weighted by Crippen LogP contribution is 2.42. The number of hydrogen-bond acceptors (Lipinski definition) is 7. The predicted molar refractivity (Wildman–Crippen MR) is 237 cm³/mol. The van der Waals surface area contributed by atoms with Crippen molar-refractivity contribution in [3.05, 3.63) is 117 Å². The van der Waals surface area contributed by atoms with E-state index in [-0.39, 0.29) is 11.9 Å². The number of carbonyl (C=O) groups is 2. The lowest BCUT2D eigenvalue weighted by Crippen LogP contribution is -2.51. The molecule has 4 heterocycles. The number of H-pyrrole nitrogens is 1. The van der Waals surface area contributed by atoms with Crippen LogP contribution in [0.4, 0.5) is 11.5 Å². The molecule has 1 aliphatic carbocycles. The number of methoxy groups -OCH3 is 1. The molecule has 6 aromatic rings. The molecular formula is C45H47Cl3N8O3. The topological polar surface area (TPSA) is 120 Å². The summed E-state index contributed by atoms with van der Waals surface area (Å²) in [4.78, 5) is 46.4. The standard InChI is InChI=1S/C45H47Cl3N8O3/c1-28(34-15-13-31(46)24-36(34)48)56-27-51-40(29-9-5-3-6-10-29)42(56)39-35-16-14-32(47)25-37(35)52-41(39)45(58)53-38-23-30(44(57)49-17-22-59-2)26-50-43(38)55-20-18-54(19-21-55)33-11-7-4-8-12-33/h3,5-6,9-10,13-16,23-28,33,52H,4,7-8,11-12,17-22H2,1-2H3,(H,49,57)(H,53,58). The van der Waals surface area contributed by atoms with Gasteiger partial charge in [-0.3, -0.25) is 14.5 Å². The molecule has 1 aliphatic heterocycles. The van der Waals surface area contributed by atoms with Gasteiger partial charge in [0.25, 0.3) is 11.8 Å². The number of rotatable bonds is 12. The highest BCUT2D eigenvalue weighted by atomic mass is 35.5. The quantitative estimate of drug-likeness (QED) is 0.105. The number of piperazine rings is 1. The van der Waals surface area contributed by atoms with Gasteiger partial charge in [-0.05, 0) is 55.7 Å². The fourth-order valence-electron chi connectivity index (χ4n) is 8.51. The average molecular weight is 854 g/mol. The Balaban J connectivity index is 1.22. The molecule has 0 spiro atoms. The number of anilines is 2. The Bertz CT molecular complexity index is 2460. The summed E-state index contributed by atoms with van der Waals surface area (Å²) in [7, 11) is 1.58. The fourth-order valence-corrected chi connectivity index (χ4v) is 9.25. The number of ether oxygens (including phenoxy) is 1. The number of nitrogens with zero attached hydrogens (tertiary/aromatic N) is 5. The van der Waals surface area contributed by atoms with E-state index in [1.807, 2.05) is 72.2 Å². The number of hydrogen-bond donors (Lipinski definition) is 3. The fraction of sp³-hybridized carbons (Fsp3) is 0.333. The summed E-state index contributed by atoms with van der Waals surface area (Å²) in [6.45, 7) is 6.01. The van der Waals surface area contributed by atoms with Crippen LogP contribution in [-0.4, -0.2) is 88.7 Å². The van der Waals surface area contributed by atoms with Crippen molar-refractivity contribution in [3.8, 4) is 22.5 Å². The highest BCUT2D eigenvalue weighted by molar-refractivity contribution is 6.35. The first-order valence-electron chi connectivity index (χ1n) is 20.2. The van der Waals surface area contributed by atoms with Gasteiger partial charge in [0, 0.05) is 89.2 Å². The lowest BCUT2D eigenvalue weighted by atomic mass is 9.94. The first kappa shape index (κ1) is 40.9. The summed E-state index contributed by atoms with van der Waals surface area (Å²) < 4.78 is 7.18. The molecule has 14 heteroatoms. The molecule has 2 amide bonds. The van der Waals surface area contributed by atoms with E-state index < -0.39 is 5.91 Å². The van der Waals surface area contributed by atoms with Crippen molar-refractivity contribution < 1.29 is 14.3 Å². The molecule has 1 saturated carbocycles. The first-order chi connectivity index (χ1) is 28.7. The van der Waals surface area contributed by atoms with Gasteiger partial charge in [-0.2, -0.15) is 0 Å². The number of carbonyl (C=O) groups excluding carboxylic acids is 2.